The number of aromatic nitrogens is 1. The number of nitrogens with zero attached hydrogens (tertiary/aromatic N) is 3. The Morgan fingerprint density at radius 3 is 2.64 bits per heavy atom. The Morgan fingerprint density at radius 2 is 2.00 bits per heavy atom. The van der Waals surface area contributed by atoms with Gasteiger partial charge < -0.3 is 14.5 Å². The lowest BCUT2D eigenvalue weighted by molar-refractivity contribution is -0.128. The first-order valence-corrected chi connectivity index (χ1v) is 9.90. The fraction of sp³-hybridized carbons (Fsp3) is 0.471. The number of anilines is 1. The van der Waals surface area contributed by atoms with E-state index in [4.69, 9.17) is 9.72 Å². The zero-order valence-corrected chi connectivity index (χ0v) is 16.2. The summed E-state index contributed by atoms with van der Waals surface area (Å²) in [7, 11) is 1.66. The van der Waals surface area contributed by atoms with Gasteiger partial charge in [-0.2, -0.15) is 0 Å². The Hall–Kier alpha value is -1.80. The Kier molecular flexibility index (Phi) is 5.48. The Morgan fingerprint density at radius 1 is 1.28 bits per heavy atom. The van der Waals surface area contributed by atoms with Crippen LogP contribution in [0, 0.1) is 6.92 Å². The van der Waals surface area contributed by atoms with E-state index in [0.29, 0.717) is 13.1 Å². The molecule has 134 valence electrons. The van der Waals surface area contributed by atoms with Crippen LogP contribution in [0.4, 0.5) is 5.13 Å². The van der Waals surface area contributed by atoms with Gasteiger partial charge in [0, 0.05) is 33.1 Å². The van der Waals surface area contributed by atoms with Crippen LogP contribution < -0.4 is 9.64 Å². The van der Waals surface area contributed by atoms with Gasteiger partial charge >= 0.3 is 0 Å². The lowest BCUT2D eigenvalue weighted by Gasteiger charge is -2.34. The summed E-state index contributed by atoms with van der Waals surface area (Å²) in [6.07, 6.45) is 0. The third kappa shape index (κ3) is 3.90. The Bertz CT molecular complexity index is 798. The van der Waals surface area contributed by atoms with Crippen molar-refractivity contribution in [3.05, 3.63) is 17.7 Å². The maximum absolute atomic E-state index is 12.1. The number of aryl methyl sites for hydroxylation is 1. The number of carbonyl (C=O) groups excluding carboxylic acids is 2. The van der Waals surface area contributed by atoms with Crippen molar-refractivity contribution in [3.8, 4) is 5.75 Å². The van der Waals surface area contributed by atoms with Crippen molar-refractivity contribution in [2.75, 3.05) is 43.9 Å². The normalized spacial score (nSPS) is 14.8. The quantitative estimate of drug-likeness (QED) is 0.814. The third-order valence-corrected chi connectivity index (χ3v) is 6.26. The third-order valence-electron chi connectivity index (χ3n) is 4.21. The van der Waals surface area contributed by atoms with Crippen molar-refractivity contribution in [2.45, 2.75) is 13.8 Å². The second-order valence-corrected chi connectivity index (χ2v) is 8.04. The number of hydrogen-bond donors (Lipinski definition) is 0. The molecule has 1 aliphatic heterocycles. The number of piperazine rings is 1. The first-order chi connectivity index (χ1) is 12.0. The summed E-state index contributed by atoms with van der Waals surface area (Å²) in [6.45, 7) is 6.37. The number of thiazole rings is 1. The SMILES string of the molecule is COc1ccc(C)c2sc(N3CCN(C(=O)CSC(C)=O)CC3)nc12. The lowest BCUT2D eigenvalue weighted by atomic mass is 10.2. The zero-order chi connectivity index (χ0) is 18.0. The molecule has 0 unspecified atom stereocenters. The summed E-state index contributed by atoms with van der Waals surface area (Å²) in [5.41, 5.74) is 2.09. The van der Waals surface area contributed by atoms with Crippen LogP contribution >= 0.6 is 23.1 Å². The summed E-state index contributed by atoms with van der Waals surface area (Å²) in [4.78, 5) is 31.9. The van der Waals surface area contributed by atoms with Crippen LogP contribution in [0.25, 0.3) is 10.2 Å². The highest BCUT2D eigenvalue weighted by atomic mass is 32.2. The van der Waals surface area contributed by atoms with E-state index in [0.717, 1.165) is 45.9 Å². The lowest BCUT2D eigenvalue weighted by Crippen LogP contribution is -2.49. The zero-order valence-electron chi connectivity index (χ0n) is 14.6. The van der Waals surface area contributed by atoms with E-state index in [1.54, 1.807) is 18.4 Å². The number of carbonyl (C=O) groups is 2. The molecular weight excluding hydrogens is 358 g/mol. The summed E-state index contributed by atoms with van der Waals surface area (Å²) in [6, 6.07) is 4.00. The molecule has 0 N–H and O–H groups in total. The molecule has 1 aromatic heterocycles. The van der Waals surface area contributed by atoms with Crippen molar-refractivity contribution in [1.29, 1.82) is 0 Å². The maximum atomic E-state index is 12.1. The van der Waals surface area contributed by atoms with Crippen molar-refractivity contribution in [3.63, 3.8) is 0 Å². The fourth-order valence-corrected chi connectivity index (χ4v) is 4.41. The minimum atomic E-state index is -0.0224. The number of hydrogen-bond acceptors (Lipinski definition) is 7. The van der Waals surface area contributed by atoms with E-state index >= 15 is 0 Å². The molecule has 0 radical (unpaired) electrons. The van der Waals surface area contributed by atoms with Gasteiger partial charge in [0.2, 0.25) is 5.91 Å². The number of rotatable bonds is 4. The molecule has 6 nitrogen and oxygen atoms in total. The van der Waals surface area contributed by atoms with Gasteiger partial charge in [-0.3, -0.25) is 9.59 Å². The van der Waals surface area contributed by atoms with E-state index < -0.39 is 0 Å². The van der Waals surface area contributed by atoms with Crippen molar-refractivity contribution in [2.24, 2.45) is 0 Å². The predicted molar refractivity (Wildman–Crippen MR) is 103 cm³/mol. The van der Waals surface area contributed by atoms with Crippen LogP contribution in [-0.2, 0) is 9.59 Å². The van der Waals surface area contributed by atoms with Gasteiger partial charge in [-0.25, -0.2) is 4.98 Å². The number of amides is 1. The average Bonchev–Trinajstić information content (AvgIpc) is 3.06. The van der Waals surface area contributed by atoms with Gasteiger partial charge in [0.15, 0.2) is 10.2 Å². The molecule has 0 saturated carbocycles. The van der Waals surface area contributed by atoms with Gasteiger partial charge in [0.05, 0.1) is 17.6 Å². The fourth-order valence-electron chi connectivity index (χ4n) is 2.80. The molecule has 0 aliphatic carbocycles. The molecule has 1 fully saturated rings. The smallest absolute Gasteiger partial charge is 0.233 e. The van der Waals surface area contributed by atoms with Crippen molar-refractivity contribution >= 4 is 49.5 Å². The van der Waals surface area contributed by atoms with E-state index in [-0.39, 0.29) is 16.8 Å². The highest BCUT2D eigenvalue weighted by molar-refractivity contribution is 8.14. The van der Waals surface area contributed by atoms with Gasteiger partial charge in [-0.15, -0.1) is 0 Å². The van der Waals surface area contributed by atoms with Crippen LogP contribution in [0.1, 0.15) is 12.5 Å². The molecular formula is C17H21N3O3S2. The molecule has 0 bridgehead atoms. The van der Waals surface area contributed by atoms with E-state index in [1.165, 1.54) is 12.5 Å². The van der Waals surface area contributed by atoms with E-state index in [9.17, 15) is 9.59 Å². The largest absolute Gasteiger partial charge is 0.494 e. The summed E-state index contributed by atoms with van der Waals surface area (Å²) < 4.78 is 6.56. The molecule has 2 aromatic rings. The van der Waals surface area contributed by atoms with Crippen LogP contribution in [0.5, 0.6) is 5.75 Å². The Balaban J connectivity index is 1.69. The molecule has 3 rings (SSSR count). The minimum absolute atomic E-state index is 0.0224. The van der Waals surface area contributed by atoms with E-state index in [1.807, 2.05) is 17.0 Å². The molecule has 1 aromatic carbocycles. The highest BCUT2D eigenvalue weighted by Gasteiger charge is 2.24. The van der Waals surface area contributed by atoms with Crippen LogP contribution in [0.3, 0.4) is 0 Å². The predicted octanol–water partition coefficient (Wildman–Crippen LogP) is 2.54. The first-order valence-electron chi connectivity index (χ1n) is 8.10. The summed E-state index contributed by atoms with van der Waals surface area (Å²) in [5, 5.41) is 0.943. The van der Waals surface area contributed by atoms with Gasteiger partial charge in [-0.1, -0.05) is 29.2 Å². The number of thioether (sulfide) groups is 1. The molecule has 1 saturated heterocycles. The molecule has 0 spiro atoms. The number of fused-ring (bicyclic) bond motifs is 1. The highest BCUT2D eigenvalue weighted by Crippen LogP contribution is 2.36. The van der Waals surface area contributed by atoms with Gasteiger partial charge in [-0.05, 0) is 18.6 Å². The standard InChI is InChI=1S/C17H21N3O3S2/c1-11-4-5-13(23-3)15-16(11)25-17(18-15)20-8-6-19(7-9-20)14(22)10-24-12(2)21/h4-5H,6-10H2,1-3H3. The maximum Gasteiger partial charge on any atom is 0.233 e. The number of ether oxygens (including phenoxy) is 1. The van der Waals surface area contributed by atoms with Crippen molar-refractivity contribution in [1.82, 2.24) is 9.88 Å². The molecule has 2 heterocycles. The molecule has 25 heavy (non-hydrogen) atoms. The van der Waals surface area contributed by atoms with Gasteiger partial charge in [0.1, 0.15) is 11.3 Å². The van der Waals surface area contributed by atoms with E-state index in [2.05, 4.69) is 11.8 Å². The van der Waals surface area contributed by atoms with Gasteiger partial charge in [0.25, 0.3) is 0 Å². The van der Waals surface area contributed by atoms with Crippen LogP contribution in [0.2, 0.25) is 0 Å². The molecule has 1 aliphatic rings. The summed E-state index contributed by atoms with van der Waals surface area (Å²) >= 11 is 2.74. The Labute approximate surface area is 155 Å². The average molecular weight is 380 g/mol. The molecule has 1 amide bonds. The summed E-state index contributed by atoms with van der Waals surface area (Å²) in [5.74, 6) is 1.05. The second-order valence-electron chi connectivity index (χ2n) is 5.91. The number of methoxy groups -OCH3 is 1. The topological polar surface area (TPSA) is 62.7 Å². The van der Waals surface area contributed by atoms with Crippen molar-refractivity contribution < 1.29 is 14.3 Å². The van der Waals surface area contributed by atoms with Crippen LogP contribution in [-0.4, -0.2) is 59.9 Å². The minimum Gasteiger partial charge on any atom is -0.494 e. The first kappa shape index (κ1) is 18.0. The monoisotopic (exact) mass is 379 g/mol. The molecule has 8 heteroatoms. The number of benzene rings is 1. The molecule has 0 atom stereocenters. The second kappa shape index (κ2) is 7.61. The van der Waals surface area contributed by atoms with Crippen LogP contribution in [0.15, 0.2) is 12.1 Å².